The molecule has 0 amide bonds. The maximum absolute atomic E-state index is 11.9. The Balaban J connectivity index is 2.33. The van der Waals surface area contributed by atoms with Gasteiger partial charge in [-0.05, 0) is 25.5 Å². The standard InChI is InChI=1S/C14H16N2O2S2/c1-3-11-16-12(13(17)18-4-2)14(20-11)19-10-8-6-5-7-9(10)15/h5-8H,3-4,15H2,1-2H3. The van der Waals surface area contributed by atoms with Gasteiger partial charge in [-0.25, -0.2) is 9.78 Å². The van der Waals surface area contributed by atoms with Gasteiger partial charge >= 0.3 is 5.97 Å². The molecule has 0 bridgehead atoms. The molecule has 0 aliphatic heterocycles. The van der Waals surface area contributed by atoms with Crippen molar-refractivity contribution < 1.29 is 9.53 Å². The van der Waals surface area contributed by atoms with Crippen molar-refractivity contribution in [2.75, 3.05) is 12.3 Å². The molecule has 106 valence electrons. The Labute approximate surface area is 126 Å². The van der Waals surface area contributed by atoms with Crippen LogP contribution in [-0.4, -0.2) is 17.6 Å². The number of carbonyl (C=O) groups is 1. The van der Waals surface area contributed by atoms with Crippen molar-refractivity contribution in [1.29, 1.82) is 0 Å². The summed E-state index contributed by atoms with van der Waals surface area (Å²) in [6, 6.07) is 7.58. The van der Waals surface area contributed by atoms with E-state index in [1.807, 2.05) is 31.2 Å². The van der Waals surface area contributed by atoms with Crippen LogP contribution in [-0.2, 0) is 11.2 Å². The lowest BCUT2D eigenvalue weighted by atomic mass is 10.3. The van der Waals surface area contributed by atoms with E-state index in [0.717, 1.165) is 20.5 Å². The van der Waals surface area contributed by atoms with Gasteiger partial charge in [-0.15, -0.1) is 11.3 Å². The number of nitrogens with zero attached hydrogens (tertiary/aromatic N) is 1. The lowest BCUT2D eigenvalue weighted by Crippen LogP contribution is -2.06. The van der Waals surface area contributed by atoms with Crippen molar-refractivity contribution in [1.82, 2.24) is 4.98 Å². The summed E-state index contributed by atoms with van der Waals surface area (Å²) in [4.78, 5) is 17.2. The van der Waals surface area contributed by atoms with Gasteiger partial charge in [0.25, 0.3) is 0 Å². The quantitative estimate of drug-likeness (QED) is 0.675. The van der Waals surface area contributed by atoms with Gasteiger partial charge in [0.05, 0.1) is 15.8 Å². The third-order valence-corrected chi connectivity index (χ3v) is 5.00. The predicted molar refractivity (Wildman–Crippen MR) is 82.4 cm³/mol. The number of carbonyl (C=O) groups excluding carboxylic acids is 1. The lowest BCUT2D eigenvalue weighted by Gasteiger charge is -2.04. The molecule has 0 radical (unpaired) electrons. The zero-order valence-electron chi connectivity index (χ0n) is 11.4. The van der Waals surface area contributed by atoms with Crippen molar-refractivity contribution in [2.24, 2.45) is 0 Å². The van der Waals surface area contributed by atoms with E-state index in [1.54, 1.807) is 6.92 Å². The second-order valence-corrected chi connectivity index (χ2v) is 6.35. The first-order valence-electron chi connectivity index (χ1n) is 6.34. The Kier molecular flexibility index (Phi) is 5.03. The molecular formula is C14H16N2O2S2. The highest BCUT2D eigenvalue weighted by molar-refractivity contribution is 8.01. The van der Waals surface area contributed by atoms with Gasteiger partial charge in [-0.1, -0.05) is 30.8 Å². The first-order valence-corrected chi connectivity index (χ1v) is 7.98. The molecular weight excluding hydrogens is 292 g/mol. The third-order valence-electron chi connectivity index (χ3n) is 2.53. The molecule has 0 aliphatic rings. The number of hydrogen-bond donors (Lipinski definition) is 1. The fraction of sp³-hybridized carbons (Fsp3) is 0.286. The molecule has 0 unspecified atom stereocenters. The monoisotopic (exact) mass is 308 g/mol. The van der Waals surface area contributed by atoms with Crippen molar-refractivity contribution in [3.63, 3.8) is 0 Å². The summed E-state index contributed by atoms with van der Waals surface area (Å²) in [6.07, 6.45) is 0.794. The van der Waals surface area contributed by atoms with E-state index >= 15 is 0 Å². The minimum Gasteiger partial charge on any atom is -0.461 e. The number of hydrogen-bond acceptors (Lipinski definition) is 6. The molecule has 0 atom stereocenters. The lowest BCUT2D eigenvalue weighted by molar-refractivity contribution is 0.0516. The van der Waals surface area contributed by atoms with Crippen LogP contribution in [0.4, 0.5) is 5.69 Å². The molecule has 4 nitrogen and oxygen atoms in total. The van der Waals surface area contributed by atoms with E-state index in [4.69, 9.17) is 10.5 Å². The smallest absolute Gasteiger partial charge is 0.359 e. The molecule has 6 heteroatoms. The SMILES string of the molecule is CCOC(=O)c1nc(CC)sc1Sc1ccccc1N. The van der Waals surface area contributed by atoms with E-state index in [9.17, 15) is 4.79 Å². The summed E-state index contributed by atoms with van der Waals surface area (Å²) in [5, 5.41) is 0.921. The minimum absolute atomic E-state index is 0.343. The predicted octanol–water partition coefficient (Wildman–Crippen LogP) is 3.62. The fourth-order valence-electron chi connectivity index (χ4n) is 1.57. The first kappa shape index (κ1) is 14.9. The van der Waals surface area contributed by atoms with Crippen LogP contribution >= 0.6 is 23.1 Å². The van der Waals surface area contributed by atoms with Gasteiger partial charge in [0.1, 0.15) is 0 Å². The van der Waals surface area contributed by atoms with Crippen molar-refractivity contribution in [2.45, 2.75) is 29.4 Å². The number of nitrogens with two attached hydrogens (primary N) is 1. The topological polar surface area (TPSA) is 65.2 Å². The molecule has 0 aliphatic carbocycles. The summed E-state index contributed by atoms with van der Waals surface area (Å²) in [6.45, 7) is 4.14. The summed E-state index contributed by atoms with van der Waals surface area (Å²) >= 11 is 2.97. The number of para-hydroxylation sites is 1. The van der Waals surface area contributed by atoms with Gasteiger partial charge in [0.15, 0.2) is 5.69 Å². The summed E-state index contributed by atoms with van der Waals surface area (Å²) < 4.78 is 5.89. The summed E-state index contributed by atoms with van der Waals surface area (Å²) in [7, 11) is 0. The van der Waals surface area contributed by atoms with E-state index < -0.39 is 0 Å². The number of thiazole rings is 1. The molecule has 2 N–H and O–H groups in total. The van der Waals surface area contributed by atoms with Crippen LogP contribution in [0.2, 0.25) is 0 Å². The molecule has 0 spiro atoms. The Morgan fingerprint density at radius 2 is 2.15 bits per heavy atom. The van der Waals surface area contributed by atoms with Crippen LogP contribution in [0.15, 0.2) is 33.4 Å². The number of nitrogen functional groups attached to an aromatic ring is 1. The van der Waals surface area contributed by atoms with Gasteiger partial charge < -0.3 is 10.5 Å². The highest BCUT2D eigenvalue weighted by Gasteiger charge is 2.20. The van der Waals surface area contributed by atoms with Crippen LogP contribution in [0.25, 0.3) is 0 Å². The zero-order valence-corrected chi connectivity index (χ0v) is 13.0. The molecule has 2 aromatic rings. The van der Waals surface area contributed by atoms with Crippen LogP contribution in [0, 0.1) is 0 Å². The maximum atomic E-state index is 11.9. The second kappa shape index (κ2) is 6.76. The average molecular weight is 308 g/mol. The second-order valence-electron chi connectivity index (χ2n) is 3.96. The van der Waals surface area contributed by atoms with Gasteiger partial charge in [0.2, 0.25) is 0 Å². The molecule has 1 heterocycles. The number of anilines is 1. The normalized spacial score (nSPS) is 10.5. The number of ether oxygens (including phenoxy) is 1. The van der Waals surface area contributed by atoms with Gasteiger partial charge in [0, 0.05) is 10.6 Å². The van der Waals surface area contributed by atoms with E-state index in [-0.39, 0.29) is 5.97 Å². The zero-order chi connectivity index (χ0) is 14.5. The Morgan fingerprint density at radius 3 is 2.80 bits per heavy atom. The Hall–Kier alpha value is -1.53. The van der Waals surface area contributed by atoms with Gasteiger partial charge in [-0.3, -0.25) is 0 Å². The van der Waals surface area contributed by atoms with Crippen molar-refractivity contribution in [3.8, 4) is 0 Å². The highest BCUT2D eigenvalue weighted by atomic mass is 32.2. The Morgan fingerprint density at radius 1 is 1.40 bits per heavy atom. The molecule has 0 fully saturated rings. The van der Waals surface area contributed by atoms with Crippen molar-refractivity contribution in [3.05, 3.63) is 35.0 Å². The van der Waals surface area contributed by atoms with E-state index in [0.29, 0.717) is 18.0 Å². The fourth-order valence-corrected chi connectivity index (χ4v) is 3.77. The van der Waals surface area contributed by atoms with Crippen molar-refractivity contribution >= 4 is 34.8 Å². The van der Waals surface area contributed by atoms with Crippen LogP contribution < -0.4 is 5.73 Å². The van der Waals surface area contributed by atoms with Crippen LogP contribution in [0.3, 0.4) is 0 Å². The number of aryl methyl sites for hydroxylation is 1. The third kappa shape index (κ3) is 3.32. The average Bonchev–Trinajstić information content (AvgIpc) is 2.85. The first-order chi connectivity index (χ1) is 9.65. The maximum Gasteiger partial charge on any atom is 0.359 e. The molecule has 1 aromatic carbocycles. The highest BCUT2D eigenvalue weighted by Crippen LogP contribution is 2.38. The largest absolute Gasteiger partial charge is 0.461 e. The van der Waals surface area contributed by atoms with E-state index in [2.05, 4.69) is 4.98 Å². The van der Waals surface area contributed by atoms with Crippen LogP contribution in [0.1, 0.15) is 29.3 Å². The number of benzene rings is 1. The summed E-state index contributed by atoms with van der Waals surface area (Å²) in [5.41, 5.74) is 7.02. The van der Waals surface area contributed by atoms with Gasteiger partial charge in [-0.2, -0.15) is 0 Å². The minimum atomic E-state index is -0.375. The molecule has 2 rings (SSSR count). The Bertz CT molecular complexity index is 611. The number of rotatable bonds is 5. The summed E-state index contributed by atoms with van der Waals surface area (Å²) in [5.74, 6) is -0.375. The molecule has 0 saturated heterocycles. The van der Waals surface area contributed by atoms with E-state index in [1.165, 1.54) is 23.1 Å². The molecule has 20 heavy (non-hydrogen) atoms. The number of aromatic nitrogens is 1. The molecule has 1 aromatic heterocycles. The number of esters is 1. The molecule has 0 saturated carbocycles. The van der Waals surface area contributed by atoms with Crippen LogP contribution in [0.5, 0.6) is 0 Å².